The monoisotopic (exact) mass is 320 g/mol. The van der Waals surface area contributed by atoms with Crippen LogP contribution >= 0.6 is 11.3 Å². The zero-order chi connectivity index (χ0) is 16.1. The molecule has 0 aliphatic rings. The van der Waals surface area contributed by atoms with Crippen LogP contribution in [0, 0.1) is 10.7 Å². The number of nitroso groups, excluding NO2 is 1. The van der Waals surface area contributed by atoms with Crippen molar-refractivity contribution in [1.82, 2.24) is 4.90 Å². The van der Waals surface area contributed by atoms with Gasteiger partial charge < -0.3 is 4.90 Å². The highest BCUT2D eigenvalue weighted by Gasteiger charge is 2.16. The molecular weight excluding hydrogens is 303 g/mol. The molecule has 1 aromatic heterocycles. The zero-order valence-corrected chi connectivity index (χ0v) is 13.3. The molecular formula is C16H17FN2O2S. The number of amides is 1. The van der Waals surface area contributed by atoms with E-state index in [1.165, 1.54) is 23.5 Å². The van der Waals surface area contributed by atoms with E-state index >= 15 is 0 Å². The Labute approximate surface area is 132 Å². The summed E-state index contributed by atoms with van der Waals surface area (Å²) in [4.78, 5) is 25.8. The summed E-state index contributed by atoms with van der Waals surface area (Å²) >= 11 is 1.29. The van der Waals surface area contributed by atoms with Crippen molar-refractivity contribution < 1.29 is 9.18 Å². The maximum Gasteiger partial charge on any atom is 0.263 e. The number of benzene rings is 1. The summed E-state index contributed by atoms with van der Waals surface area (Å²) in [6.45, 7) is 2.24. The van der Waals surface area contributed by atoms with E-state index in [0.717, 1.165) is 10.4 Å². The van der Waals surface area contributed by atoms with Crippen molar-refractivity contribution >= 4 is 17.2 Å². The first-order valence-corrected chi connectivity index (χ1v) is 7.75. The Kier molecular flexibility index (Phi) is 5.38. The third-order valence-electron chi connectivity index (χ3n) is 3.40. The lowest BCUT2D eigenvalue weighted by Gasteiger charge is -2.16. The number of hydrogen-bond acceptors (Lipinski definition) is 4. The van der Waals surface area contributed by atoms with Gasteiger partial charge in [0.25, 0.3) is 5.91 Å². The molecule has 4 nitrogen and oxygen atoms in total. The average Bonchev–Trinajstić information content (AvgIpc) is 3.02. The SMILES string of the molecule is CC(N=O)c1ccc(C(=O)N(C)CCc2ccc(F)cc2)s1. The highest BCUT2D eigenvalue weighted by Crippen LogP contribution is 2.26. The molecule has 1 amide bonds. The van der Waals surface area contributed by atoms with E-state index in [0.29, 0.717) is 17.8 Å². The fourth-order valence-electron chi connectivity index (χ4n) is 1.98. The van der Waals surface area contributed by atoms with Crippen LogP contribution in [-0.4, -0.2) is 24.4 Å². The molecule has 6 heteroatoms. The summed E-state index contributed by atoms with van der Waals surface area (Å²) in [5.41, 5.74) is 0.978. The molecule has 0 saturated heterocycles. The summed E-state index contributed by atoms with van der Waals surface area (Å²) in [6, 6.07) is 9.31. The van der Waals surface area contributed by atoms with Crippen molar-refractivity contribution in [3.05, 3.63) is 62.4 Å². The molecule has 2 aromatic rings. The Bertz CT molecular complexity index is 654. The lowest BCUT2D eigenvalue weighted by atomic mass is 10.1. The summed E-state index contributed by atoms with van der Waals surface area (Å²) in [7, 11) is 1.73. The number of carbonyl (C=O) groups is 1. The topological polar surface area (TPSA) is 49.7 Å². The van der Waals surface area contributed by atoms with Gasteiger partial charge in [0, 0.05) is 18.5 Å². The summed E-state index contributed by atoms with van der Waals surface area (Å²) in [6.07, 6.45) is 0.660. The first-order chi connectivity index (χ1) is 10.5. The molecule has 0 N–H and O–H groups in total. The number of likely N-dealkylation sites (N-methyl/N-ethyl adjacent to an activating group) is 1. The van der Waals surface area contributed by atoms with Crippen LogP contribution in [0.15, 0.2) is 41.6 Å². The third kappa shape index (κ3) is 3.98. The predicted octanol–water partition coefficient (Wildman–Crippen LogP) is 4.03. The van der Waals surface area contributed by atoms with Crippen LogP contribution < -0.4 is 0 Å². The van der Waals surface area contributed by atoms with Crippen LogP contribution in [-0.2, 0) is 6.42 Å². The van der Waals surface area contributed by atoms with Crippen LogP contribution in [0.4, 0.5) is 4.39 Å². The maximum absolute atomic E-state index is 12.8. The molecule has 0 fully saturated rings. The van der Waals surface area contributed by atoms with E-state index in [-0.39, 0.29) is 11.7 Å². The van der Waals surface area contributed by atoms with Gasteiger partial charge >= 0.3 is 0 Å². The summed E-state index contributed by atoms with van der Waals surface area (Å²) in [5.74, 6) is -0.353. The molecule has 2 rings (SSSR count). The lowest BCUT2D eigenvalue weighted by Crippen LogP contribution is -2.28. The van der Waals surface area contributed by atoms with E-state index in [9.17, 15) is 14.1 Å². The quantitative estimate of drug-likeness (QED) is 0.755. The Hall–Kier alpha value is -2.08. The molecule has 1 atom stereocenters. The van der Waals surface area contributed by atoms with Crippen LogP contribution in [0.3, 0.4) is 0 Å². The smallest absolute Gasteiger partial charge is 0.263 e. The molecule has 116 valence electrons. The molecule has 0 aliphatic heterocycles. The van der Waals surface area contributed by atoms with Gasteiger partial charge in [-0.25, -0.2) is 4.39 Å². The van der Waals surface area contributed by atoms with Gasteiger partial charge in [-0.3, -0.25) is 4.79 Å². The number of carbonyl (C=O) groups excluding carboxylic acids is 1. The summed E-state index contributed by atoms with van der Waals surface area (Å²) < 4.78 is 12.8. The van der Waals surface area contributed by atoms with Gasteiger partial charge in [0.2, 0.25) is 0 Å². The van der Waals surface area contributed by atoms with E-state index in [2.05, 4.69) is 5.18 Å². The maximum atomic E-state index is 12.8. The number of rotatable bonds is 6. The fraction of sp³-hybridized carbons (Fsp3) is 0.312. The Morgan fingerprint density at radius 1 is 1.27 bits per heavy atom. The normalized spacial score (nSPS) is 12.0. The Morgan fingerprint density at radius 2 is 1.95 bits per heavy atom. The number of nitrogens with zero attached hydrogens (tertiary/aromatic N) is 2. The van der Waals surface area contributed by atoms with Crippen LogP contribution in [0.2, 0.25) is 0 Å². The number of halogens is 1. The van der Waals surface area contributed by atoms with Gasteiger partial charge in [0.1, 0.15) is 11.9 Å². The molecule has 1 unspecified atom stereocenters. The highest BCUT2D eigenvalue weighted by atomic mass is 32.1. The largest absolute Gasteiger partial charge is 0.341 e. The van der Waals surface area contributed by atoms with Gasteiger partial charge in [-0.15, -0.1) is 11.3 Å². The van der Waals surface area contributed by atoms with Gasteiger partial charge in [-0.05, 0) is 43.2 Å². The minimum absolute atomic E-state index is 0.0866. The van der Waals surface area contributed by atoms with Gasteiger partial charge in [0.15, 0.2) is 0 Å². The van der Waals surface area contributed by atoms with Crippen LogP contribution in [0.25, 0.3) is 0 Å². The van der Waals surface area contributed by atoms with Gasteiger partial charge in [-0.2, -0.15) is 4.91 Å². The fourth-order valence-corrected chi connectivity index (χ4v) is 2.96. The second-order valence-corrected chi connectivity index (χ2v) is 6.20. The van der Waals surface area contributed by atoms with E-state index < -0.39 is 6.04 Å². The van der Waals surface area contributed by atoms with Gasteiger partial charge in [-0.1, -0.05) is 17.3 Å². The van der Waals surface area contributed by atoms with Crippen molar-refractivity contribution in [3.63, 3.8) is 0 Å². The van der Waals surface area contributed by atoms with Gasteiger partial charge in [0.05, 0.1) is 4.88 Å². The minimum atomic E-state index is -0.434. The summed E-state index contributed by atoms with van der Waals surface area (Å²) in [5, 5.41) is 2.96. The van der Waals surface area contributed by atoms with Crippen molar-refractivity contribution in [2.45, 2.75) is 19.4 Å². The van der Waals surface area contributed by atoms with Crippen molar-refractivity contribution in [2.75, 3.05) is 13.6 Å². The number of hydrogen-bond donors (Lipinski definition) is 0. The first kappa shape index (κ1) is 16.3. The highest BCUT2D eigenvalue weighted by molar-refractivity contribution is 7.14. The molecule has 0 aliphatic carbocycles. The molecule has 0 saturated carbocycles. The molecule has 0 bridgehead atoms. The second-order valence-electron chi connectivity index (χ2n) is 5.09. The van der Waals surface area contributed by atoms with E-state index in [1.54, 1.807) is 43.1 Å². The zero-order valence-electron chi connectivity index (χ0n) is 12.5. The average molecular weight is 320 g/mol. The first-order valence-electron chi connectivity index (χ1n) is 6.93. The van der Waals surface area contributed by atoms with E-state index in [4.69, 9.17) is 0 Å². The van der Waals surface area contributed by atoms with Crippen LogP contribution in [0.5, 0.6) is 0 Å². The number of thiophene rings is 1. The predicted molar refractivity (Wildman–Crippen MR) is 85.6 cm³/mol. The minimum Gasteiger partial charge on any atom is -0.341 e. The van der Waals surface area contributed by atoms with Crippen molar-refractivity contribution in [2.24, 2.45) is 5.18 Å². The second kappa shape index (κ2) is 7.26. The van der Waals surface area contributed by atoms with E-state index in [1.807, 2.05) is 0 Å². The Morgan fingerprint density at radius 3 is 2.59 bits per heavy atom. The van der Waals surface area contributed by atoms with Crippen LogP contribution in [0.1, 0.15) is 33.1 Å². The lowest BCUT2D eigenvalue weighted by molar-refractivity contribution is 0.0801. The molecule has 1 heterocycles. The van der Waals surface area contributed by atoms with Crippen molar-refractivity contribution in [3.8, 4) is 0 Å². The molecule has 22 heavy (non-hydrogen) atoms. The van der Waals surface area contributed by atoms with Crippen molar-refractivity contribution in [1.29, 1.82) is 0 Å². The molecule has 0 radical (unpaired) electrons. The molecule has 1 aromatic carbocycles. The molecule has 0 spiro atoms. The third-order valence-corrected chi connectivity index (χ3v) is 4.65. The standard InChI is InChI=1S/C16H17FN2O2S/c1-11(18-21)14-7-8-15(22-14)16(20)19(2)10-9-12-3-5-13(17)6-4-12/h3-8,11H,9-10H2,1-2H3. The Balaban J connectivity index is 1.95.